The summed E-state index contributed by atoms with van der Waals surface area (Å²) in [7, 11) is 0. The maximum Gasteiger partial charge on any atom is 0.422 e. The molecule has 2 heterocycles. The van der Waals surface area contributed by atoms with Crippen molar-refractivity contribution in [2.24, 2.45) is 10.7 Å². The number of hydrogen-bond donors (Lipinski definition) is 1. The molecule has 0 unspecified atom stereocenters. The zero-order valence-electron chi connectivity index (χ0n) is 12.6. The Balaban J connectivity index is 0.00000264. The van der Waals surface area contributed by atoms with E-state index in [2.05, 4.69) is 9.98 Å². The predicted molar refractivity (Wildman–Crippen MR) is 92.0 cm³/mol. The SMILES string of the molecule is I.NC(=NCc1cccnc1OCC(F)(F)F)N1CCCCC1. The Bertz CT molecular complexity index is 519. The number of aromatic nitrogens is 1. The van der Waals surface area contributed by atoms with E-state index in [1.807, 2.05) is 4.90 Å². The molecule has 0 amide bonds. The van der Waals surface area contributed by atoms with E-state index >= 15 is 0 Å². The summed E-state index contributed by atoms with van der Waals surface area (Å²) in [5, 5.41) is 0. The van der Waals surface area contributed by atoms with Gasteiger partial charge in [-0.05, 0) is 25.3 Å². The second-order valence-electron chi connectivity index (χ2n) is 5.09. The number of aliphatic imine (C=N–C) groups is 1. The van der Waals surface area contributed by atoms with Gasteiger partial charge in [0.05, 0.1) is 6.54 Å². The summed E-state index contributed by atoms with van der Waals surface area (Å²) in [6.07, 6.45) is 0.311. The number of nitrogens with two attached hydrogens (primary N) is 1. The Morgan fingerprint density at radius 3 is 2.65 bits per heavy atom. The quantitative estimate of drug-likeness (QED) is 0.441. The fourth-order valence-electron chi connectivity index (χ4n) is 2.21. The van der Waals surface area contributed by atoms with Gasteiger partial charge in [0.25, 0.3) is 0 Å². The zero-order valence-corrected chi connectivity index (χ0v) is 14.9. The first kappa shape index (κ1) is 19.8. The van der Waals surface area contributed by atoms with Crippen LogP contribution in [0.3, 0.4) is 0 Å². The van der Waals surface area contributed by atoms with Gasteiger partial charge in [-0.15, -0.1) is 24.0 Å². The van der Waals surface area contributed by atoms with Crippen LogP contribution in [-0.2, 0) is 6.54 Å². The highest BCUT2D eigenvalue weighted by Gasteiger charge is 2.29. The molecule has 1 saturated heterocycles. The molecule has 2 rings (SSSR count). The zero-order chi connectivity index (χ0) is 16.0. The smallest absolute Gasteiger partial charge is 0.422 e. The van der Waals surface area contributed by atoms with Crippen molar-refractivity contribution in [3.63, 3.8) is 0 Å². The van der Waals surface area contributed by atoms with Crippen molar-refractivity contribution in [3.8, 4) is 5.88 Å². The molecule has 9 heteroatoms. The van der Waals surface area contributed by atoms with Gasteiger partial charge in [-0.2, -0.15) is 13.2 Å². The molecular formula is C14H20F3IN4O. The molecule has 0 spiro atoms. The van der Waals surface area contributed by atoms with Gasteiger partial charge in [-0.3, -0.25) is 0 Å². The van der Waals surface area contributed by atoms with Crippen molar-refractivity contribution in [3.05, 3.63) is 23.9 Å². The molecule has 0 aliphatic carbocycles. The molecule has 1 fully saturated rings. The molecule has 0 aromatic carbocycles. The first-order valence-electron chi connectivity index (χ1n) is 7.14. The number of ether oxygens (including phenoxy) is 1. The molecule has 2 N–H and O–H groups in total. The number of nitrogens with zero attached hydrogens (tertiary/aromatic N) is 3. The van der Waals surface area contributed by atoms with Crippen molar-refractivity contribution in [1.29, 1.82) is 0 Å². The Morgan fingerprint density at radius 1 is 1.30 bits per heavy atom. The van der Waals surface area contributed by atoms with E-state index in [0.29, 0.717) is 11.5 Å². The van der Waals surface area contributed by atoms with E-state index in [0.717, 1.165) is 25.9 Å². The van der Waals surface area contributed by atoms with E-state index in [1.165, 1.54) is 12.6 Å². The first-order valence-corrected chi connectivity index (χ1v) is 7.14. The van der Waals surface area contributed by atoms with Crippen molar-refractivity contribution in [1.82, 2.24) is 9.88 Å². The van der Waals surface area contributed by atoms with Gasteiger partial charge in [0, 0.05) is 24.8 Å². The van der Waals surface area contributed by atoms with Gasteiger partial charge >= 0.3 is 6.18 Å². The average molecular weight is 444 g/mol. The van der Waals surface area contributed by atoms with E-state index in [1.54, 1.807) is 12.1 Å². The number of pyridine rings is 1. The number of guanidine groups is 1. The summed E-state index contributed by atoms with van der Waals surface area (Å²) in [6, 6.07) is 3.26. The Labute approximate surface area is 150 Å². The predicted octanol–water partition coefficient (Wildman–Crippen LogP) is 2.94. The molecule has 0 radical (unpaired) electrons. The Hall–Kier alpha value is -1.26. The van der Waals surface area contributed by atoms with Crippen molar-refractivity contribution in [2.75, 3.05) is 19.7 Å². The number of piperidine rings is 1. The second kappa shape index (κ2) is 9.14. The first-order chi connectivity index (χ1) is 10.5. The number of alkyl halides is 3. The van der Waals surface area contributed by atoms with Crippen LogP contribution in [0, 0.1) is 0 Å². The van der Waals surface area contributed by atoms with Crippen molar-refractivity contribution >= 4 is 29.9 Å². The molecule has 0 atom stereocenters. The van der Waals surface area contributed by atoms with Gasteiger partial charge in [0.1, 0.15) is 0 Å². The molecule has 23 heavy (non-hydrogen) atoms. The van der Waals surface area contributed by atoms with Gasteiger partial charge in [0.15, 0.2) is 12.6 Å². The summed E-state index contributed by atoms with van der Waals surface area (Å²) in [6.45, 7) is 0.491. The Kier molecular flexibility index (Phi) is 7.86. The number of halogens is 4. The second-order valence-corrected chi connectivity index (χ2v) is 5.09. The van der Waals surface area contributed by atoms with Crippen LogP contribution >= 0.6 is 24.0 Å². The normalized spacial score (nSPS) is 16.0. The maximum atomic E-state index is 12.2. The summed E-state index contributed by atoms with van der Waals surface area (Å²) < 4.78 is 41.4. The number of rotatable bonds is 4. The minimum Gasteiger partial charge on any atom is -0.468 e. The molecule has 1 aliphatic heterocycles. The molecule has 5 nitrogen and oxygen atoms in total. The van der Waals surface area contributed by atoms with Gasteiger partial charge in [0.2, 0.25) is 5.88 Å². The summed E-state index contributed by atoms with van der Waals surface area (Å²) in [5.74, 6) is 0.348. The van der Waals surface area contributed by atoms with E-state index < -0.39 is 12.8 Å². The lowest BCUT2D eigenvalue weighted by Crippen LogP contribution is -2.40. The third-order valence-corrected chi connectivity index (χ3v) is 3.31. The monoisotopic (exact) mass is 444 g/mol. The summed E-state index contributed by atoms with van der Waals surface area (Å²) in [5.41, 5.74) is 6.40. The minimum absolute atomic E-state index is 0. The number of hydrogen-bond acceptors (Lipinski definition) is 3. The summed E-state index contributed by atoms with van der Waals surface area (Å²) in [4.78, 5) is 10.1. The lowest BCUT2D eigenvalue weighted by Gasteiger charge is -2.27. The topological polar surface area (TPSA) is 63.7 Å². The molecule has 1 aromatic rings. The molecule has 1 aliphatic rings. The highest BCUT2D eigenvalue weighted by atomic mass is 127. The third-order valence-electron chi connectivity index (χ3n) is 3.31. The van der Waals surface area contributed by atoms with Gasteiger partial charge < -0.3 is 15.4 Å². The Morgan fingerprint density at radius 2 is 2.00 bits per heavy atom. The van der Waals surface area contributed by atoms with Crippen LogP contribution in [-0.4, -0.2) is 41.7 Å². The van der Waals surface area contributed by atoms with Crippen LogP contribution in [0.1, 0.15) is 24.8 Å². The fourth-order valence-corrected chi connectivity index (χ4v) is 2.21. The van der Waals surface area contributed by atoms with Crippen molar-refractivity contribution in [2.45, 2.75) is 32.0 Å². The molecule has 1 aromatic heterocycles. The maximum absolute atomic E-state index is 12.2. The highest BCUT2D eigenvalue weighted by molar-refractivity contribution is 14.0. The molecule has 0 bridgehead atoms. The summed E-state index contributed by atoms with van der Waals surface area (Å²) >= 11 is 0. The lowest BCUT2D eigenvalue weighted by atomic mass is 10.1. The van der Waals surface area contributed by atoms with Gasteiger partial charge in [-0.1, -0.05) is 6.07 Å². The third kappa shape index (κ3) is 6.80. The van der Waals surface area contributed by atoms with E-state index in [4.69, 9.17) is 10.5 Å². The van der Waals surface area contributed by atoms with Crippen LogP contribution in [0.15, 0.2) is 23.3 Å². The average Bonchev–Trinajstić information content (AvgIpc) is 2.51. The van der Waals surface area contributed by atoms with E-state index in [9.17, 15) is 13.2 Å². The van der Waals surface area contributed by atoms with Crippen molar-refractivity contribution < 1.29 is 17.9 Å². The van der Waals surface area contributed by atoms with Crippen LogP contribution in [0.2, 0.25) is 0 Å². The minimum atomic E-state index is -4.40. The van der Waals surface area contributed by atoms with E-state index in [-0.39, 0.29) is 36.4 Å². The number of likely N-dealkylation sites (tertiary alicyclic amines) is 1. The van der Waals surface area contributed by atoms with Crippen LogP contribution in [0.5, 0.6) is 5.88 Å². The standard InChI is InChI=1S/C14H19F3N4O.HI/c15-14(16,17)10-22-12-11(5-4-6-19-12)9-20-13(18)21-7-2-1-3-8-21;/h4-6H,1-3,7-10H2,(H2,18,20);1H. The highest BCUT2D eigenvalue weighted by Crippen LogP contribution is 2.20. The van der Waals surface area contributed by atoms with Gasteiger partial charge in [-0.25, -0.2) is 9.98 Å². The van der Waals surface area contributed by atoms with Crippen LogP contribution in [0.25, 0.3) is 0 Å². The lowest BCUT2D eigenvalue weighted by molar-refractivity contribution is -0.154. The molecule has 130 valence electrons. The largest absolute Gasteiger partial charge is 0.468 e. The van der Waals surface area contributed by atoms with Crippen LogP contribution in [0.4, 0.5) is 13.2 Å². The fraction of sp³-hybridized carbons (Fsp3) is 0.571. The molecule has 0 saturated carbocycles. The molecular weight excluding hydrogens is 424 g/mol. The van der Waals surface area contributed by atoms with Crippen LogP contribution < -0.4 is 10.5 Å².